The summed E-state index contributed by atoms with van der Waals surface area (Å²) in [6.07, 6.45) is 2.15. The molecule has 0 aromatic carbocycles. The van der Waals surface area contributed by atoms with Crippen LogP contribution < -0.4 is 4.74 Å². The summed E-state index contributed by atoms with van der Waals surface area (Å²) in [7, 11) is 0. The Hall–Kier alpha value is -1.13. The summed E-state index contributed by atoms with van der Waals surface area (Å²) in [6.45, 7) is 1.87. The van der Waals surface area contributed by atoms with Crippen molar-refractivity contribution in [1.82, 2.24) is 9.97 Å². The molecule has 1 N–H and O–H groups in total. The normalized spacial score (nSPS) is 21.5. The highest BCUT2D eigenvalue weighted by atomic mass is 19.3. The van der Waals surface area contributed by atoms with Gasteiger partial charge >= 0.3 is 0 Å². The summed E-state index contributed by atoms with van der Waals surface area (Å²) in [6, 6.07) is 0.433. The minimum atomic E-state index is -2.50. The van der Waals surface area contributed by atoms with Crippen molar-refractivity contribution in [1.29, 1.82) is 0 Å². The molecule has 0 unspecified atom stereocenters. The molecule has 1 fully saturated rings. The van der Waals surface area contributed by atoms with E-state index in [1.807, 2.05) is 6.92 Å². The van der Waals surface area contributed by atoms with Crippen molar-refractivity contribution in [2.45, 2.75) is 44.6 Å². The highest BCUT2D eigenvalue weighted by molar-refractivity contribution is 5.03. The number of aryl methyl sites for hydroxylation is 1. The number of aromatic amines is 1. The quantitative estimate of drug-likeness (QED) is 0.825. The van der Waals surface area contributed by atoms with E-state index in [4.69, 9.17) is 4.74 Å². The largest absolute Gasteiger partial charge is 0.461 e. The zero-order valence-corrected chi connectivity index (χ0v) is 8.59. The number of aromatic nitrogens is 2. The molecule has 84 valence electrons. The molecule has 15 heavy (non-hydrogen) atoms. The molecule has 3 nitrogen and oxygen atoms in total. The molecular weight excluding hydrogens is 202 g/mol. The van der Waals surface area contributed by atoms with Crippen molar-refractivity contribution in [3.05, 3.63) is 11.9 Å². The van der Waals surface area contributed by atoms with Gasteiger partial charge in [0.1, 0.15) is 6.10 Å². The Bertz CT molecular complexity index is 328. The van der Waals surface area contributed by atoms with E-state index in [0.717, 1.165) is 5.69 Å². The number of ether oxygens (including phenoxy) is 1. The Morgan fingerprint density at radius 1 is 1.47 bits per heavy atom. The van der Waals surface area contributed by atoms with Gasteiger partial charge in [0.25, 0.3) is 6.01 Å². The Balaban J connectivity index is 1.87. The van der Waals surface area contributed by atoms with Gasteiger partial charge in [-0.1, -0.05) is 0 Å². The van der Waals surface area contributed by atoms with Gasteiger partial charge in [-0.15, -0.1) is 0 Å². The third-order valence-corrected chi connectivity index (χ3v) is 2.62. The average Bonchev–Trinajstić information content (AvgIpc) is 2.55. The standard InChI is InChI=1S/C10H14F2N2O/c1-7-6-13-9(14-7)15-8-2-4-10(11,12)5-3-8/h6,8H,2-5H2,1H3,(H,13,14). The zero-order valence-electron chi connectivity index (χ0n) is 8.59. The predicted octanol–water partition coefficient (Wildman–Crippen LogP) is 2.67. The van der Waals surface area contributed by atoms with Crippen LogP contribution in [0.15, 0.2) is 6.20 Å². The number of nitrogens with zero attached hydrogens (tertiary/aromatic N) is 1. The van der Waals surface area contributed by atoms with Crippen LogP contribution >= 0.6 is 0 Å². The third kappa shape index (κ3) is 2.67. The Morgan fingerprint density at radius 2 is 2.13 bits per heavy atom. The van der Waals surface area contributed by atoms with E-state index >= 15 is 0 Å². The number of nitrogens with one attached hydrogen (secondary N) is 1. The number of rotatable bonds is 2. The van der Waals surface area contributed by atoms with Crippen LogP contribution in [0.1, 0.15) is 31.4 Å². The number of hydrogen-bond acceptors (Lipinski definition) is 2. The highest BCUT2D eigenvalue weighted by Gasteiger charge is 2.35. The summed E-state index contributed by atoms with van der Waals surface area (Å²) < 4.78 is 31.2. The fraction of sp³-hybridized carbons (Fsp3) is 0.700. The average molecular weight is 216 g/mol. The molecule has 0 amide bonds. The fourth-order valence-corrected chi connectivity index (χ4v) is 1.74. The lowest BCUT2D eigenvalue weighted by Crippen LogP contribution is -2.30. The van der Waals surface area contributed by atoms with Crippen LogP contribution in [0.3, 0.4) is 0 Å². The number of hydrogen-bond donors (Lipinski definition) is 1. The summed E-state index contributed by atoms with van der Waals surface area (Å²) >= 11 is 0. The molecule has 0 spiro atoms. The van der Waals surface area contributed by atoms with Gasteiger partial charge in [-0.3, -0.25) is 0 Å². The summed E-state index contributed by atoms with van der Waals surface area (Å²) in [5.74, 6) is -2.50. The lowest BCUT2D eigenvalue weighted by Gasteiger charge is -2.27. The lowest BCUT2D eigenvalue weighted by molar-refractivity contribution is -0.0593. The molecule has 1 aliphatic carbocycles. The predicted molar refractivity (Wildman–Crippen MR) is 51.2 cm³/mol. The van der Waals surface area contributed by atoms with Gasteiger partial charge < -0.3 is 9.72 Å². The molecule has 0 saturated heterocycles. The first kappa shape index (κ1) is 10.4. The first-order valence-electron chi connectivity index (χ1n) is 5.11. The summed E-state index contributed by atoms with van der Waals surface area (Å²) in [4.78, 5) is 6.90. The third-order valence-electron chi connectivity index (χ3n) is 2.62. The maximum atomic E-state index is 12.8. The van der Waals surface area contributed by atoms with E-state index in [1.165, 1.54) is 0 Å². The van der Waals surface area contributed by atoms with Gasteiger partial charge in [0, 0.05) is 18.5 Å². The molecule has 0 bridgehead atoms. The molecule has 2 rings (SSSR count). The van der Waals surface area contributed by atoms with Crippen LogP contribution in [-0.2, 0) is 0 Å². The van der Waals surface area contributed by atoms with Gasteiger partial charge in [0.15, 0.2) is 0 Å². The van der Waals surface area contributed by atoms with Crippen LogP contribution in [0.2, 0.25) is 0 Å². The number of alkyl halides is 2. The molecule has 0 atom stereocenters. The maximum absolute atomic E-state index is 12.8. The highest BCUT2D eigenvalue weighted by Crippen LogP contribution is 2.34. The minimum Gasteiger partial charge on any atom is -0.461 e. The van der Waals surface area contributed by atoms with E-state index in [0.29, 0.717) is 18.9 Å². The monoisotopic (exact) mass is 216 g/mol. The Morgan fingerprint density at radius 3 is 2.67 bits per heavy atom. The van der Waals surface area contributed by atoms with E-state index in [1.54, 1.807) is 6.20 Å². The van der Waals surface area contributed by atoms with Crippen molar-refractivity contribution in [3.63, 3.8) is 0 Å². The van der Waals surface area contributed by atoms with E-state index in [-0.39, 0.29) is 18.9 Å². The molecule has 1 aromatic heterocycles. The van der Waals surface area contributed by atoms with Gasteiger partial charge in [-0.05, 0) is 19.8 Å². The van der Waals surface area contributed by atoms with Crippen molar-refractivity contribution in [2.24, 2.45) is 0 Å². The first-order valence-corrected chi connectivity index (χ1v) is 5.11. The summed E-state index contributed by atoms with van der Waals surface area (Å²) in [5.41, 5.74) is 0.908. The molecule has 1 aromatic rings. The molecular formula is C10H14F2N2O. The van der Waals surface area contributed by atoms with Crippen molar-refractivity contribution < 1.29 is 13.5 Å². The second-order valence-corrected chi connectivity index (χ2v) is 4.04. The van der Waals surface area contributed by atoms with Gasteiger partial charge in [0.2, 0.25) is 5.92 Å². The lowest BCUT2D eigenvalue weighted by atomic mass is 9.94. The first-order chi connectivity index (χ1) is 7.05. The molecule has 1 heterocycles. The SMILES string of the molecule is Cc1cnc(OC2CCC(F)(F)CC2)[nH]1. The maximum Gasteiger partial charge on any atom is 0.293 e. The topological polar surface area (TPSA) is 37.9 Å². The zero-order chi connectivity index (χ0) is 10.9. The van der Waals surface area contributed by atoms with Crippen LogP contribution in [0.5, 0.6) is 6.01 Å². The fourth-order valence-electron chi connectivity index (χ4n) is 1.74. The smallest absolute Gasteiger partial charge is 0.293 e. The molecule has 0 radical (unpaired) electrons. The molecule has 0 aliphatic heterocycles. The van der Waals surface area contributed by atoms with Gasteiger partial charge in [-0.2, -0.15) is 0 Å². The van der Waals surface area contributed by atoms with Crippen molar-refractivity contribution in [3.8, 4) is 6.01 Å². The van der Waals surface area contributed by atoms with Crippen LogP contribution in [0.4, 0.5) is 8.78 Å². The van der Waals surface area contributed by atoms with Crippen LogP contribution in [0.25, 0.3) is 0 Å². The number of imidazole rings is 1. The van der Waals surface area contributed by atoms with E-state index < -0.39 is 5.92 Å². The van der Waals surface area contributed by atoms with Crippen LogP contribution in [-0.4, -0.2) is 22.0 Å². The van der Waals surface area contributed by atoms with Crippen molar-refractivity contribution >= 4 is 0 Å². The number of halogens is 2. The van der Waals surface area contributed by atoms with Gasteiger partial charge in [-0.25, -0.2) is 13.8 Å². The Kier molecular flexibility index (Phi) is 2.63. The van der Waals surface area contributed by atoms with E-state index in [2.05, 4.69) is 9.97 Å². The Labute approximate surface area is 86.9 Å². The van der Waals surface area contributed by atoms with Crippen LogP contribution in [0, 0.1) is 6.92 Å². The van der Waals surface area contributed by atoms with Gasteiger partial charge in [0.05, 0.1) is 6.20 Å². The minimum absolute atomic E-state index is 0.0860. The molecule has 5 heteroatoms. The second kappa shape index (κ2) is 3.79. The molecule has 1 aliphatic rings. The summed E-state index contributed by atoms with van der Waals surface area (Å²) in [5, 5.41) is 0. The number of H-pyrrole nitrogens is 1. The van der Waals surface area contributed by atoms with Crippen molar-refractivity contribution in [2.75, 3.05) is 0 Å². The molecule has 1 saturated carbocycles. The van der Waals surface area contributed by atoms with E-state index in [9.17, 15) is 8.78 Å². The second-order valence-electron chi connectivity index (χ2n) is 4.04.